The third-order valence-corrected chi connectivity index (χ3v) is 6.27. The molecule has 0 radical (unpaired) electrons. The van der Waals surface area contributed by atoms with Gasteiger partial charge in [-0.05, 0) is 75.0 Å². The Morgan fingerprint density at radius 3 is 2.43 bits per heavy atom. The number of nitrogens with two attached hydrogens (primary N) is 1. The first-order chi connectivity index (χ1) is 9.72. The summed E-state index contributed by atoms with van der Waals surface area (Å²) in [5.41, 5.74) is 8.22. The van der Waals surface area contributed by atoms with Crippen LogP contribution in [0.2, 0.25) is 0 Å². The maximum atomic E-state index is 12.5. The molecule has 0 unspecified atom stereocenters. The third kappa shape index (κ3) is 3.41. The second-order valence-electron chi connectivity index (χ2n) is 4.68. The topological polar surface area (TPSA) is 72.2 Å². The van der Waals surface area contributed by atoms with Gasteiger partial charge in [-0.3, -0.25) is 4.72 Å². The molecule has 0 amide bonds. The molecule has 0 bridgehead atoms. The van der Waals surface area contributed by atoms with E-state index in [1.54, 1.807) is 25.1 Å². The van der Waals surface area contributed by atoms with Crippen LogP contribution < -0.4 is 10.5 Å². The minimum atomic E-state index is -3.70. The highest BCUT2D eigenvalue weighted by atomic mass is 79.9. The molecular weight excluding hydrogens is 420 g/mol. The van der Waals surface area contributed by atoms with E-state index in [1.165, 1.54) is 6.07 Å². The molecule has 2 aromatic carbocycles. The number of hydrogen-bond donors (Lipinski definition) is 2. The molecular formula is C14H14Br2N2O2S. The number of hydrogen-bond acceptors (Lipinski definition) is 3. The highest BCUT2D eigenvalue weighted by Gasteiger charge is 2.19. The predicted molar refractivity (Wildman–Crippen MR) is 93.0 cm³/mol. The molecule has 3 N–H and O–H groups in total. The SMILES string of the molecule is Cc1cc(Br)c(N)cc1S(=O)(=O)Nc1cccc(C)c1Br. The van der Waals surface area contributed by atoms with Gasteiger partial charge in [-0.25, -0.2) is 8.42 Å². The van der Waals surface area contributed by atoms with Crippen LogP contribution in [0.1, 0.15) is 11.1 Å². The summed E-state index contributed by atoms with van der Waals surface area (Å²) in [5, 5.41) is 0. The molecule has 112 valence electrons. The number of rotatable bonds is 3. The number of nitrogens with one attached hydrogen (secondary N) is 1. The minimum Gasteiger partial charge on any atom is -0.398 e. The van der Waals surface area contributed by atoms with Crippen molar-refractivity contribution in [1.82, 2.24) is 0 Å². The molecule has 0 saturated heterocycles. The third-order valence-electron chi connectivity index (χ3n) is 3.02. The molecule has 0 aliphatic carbocycles. The predicted octanol–water partition coefficient (Wildman–Crippen LogP) is 4.21. The second kappa shape index (κ2) is 5.98. The van der Waals surface area contributed by atoms with Crippen molar-refractivity contribution in [3.05, 3.63) is 50.4 Å². The number of benzene rings is 2. The fourth-order valence-corrected chi connectivity index (χ4v) is 4.17. The quantitative estimate of drug-likeness (QED) is 0.712. The van der Waals surface area contributed by atoms with Gasteiger partial charge < -0.3 is 5.73 Å². The molecule has 21 heavy (non-hydrogen) atoms. The smallest absolute Gasteiger partial charge is 0.262 e. The molecule has 4 nitrogen and oxygen atoms in total. The van der Waals surface area contributed by atoms with E-state index in [4.69, 9.17) is 5.73 Å². The summed E-state index contributed by atoms with van der Waals surface area (Å²) in [6, 6.07) is 8.53. The van der Waals surface area contributed by atoms with E-state index in [0.29, 0.717) is 21.4 Å². The lowest BCUT2D eigenvalue weighted by molar-refractivity contribution is 0.600. The maximum absolute atomic E-state index is 12.5. The number of aryl methyl sites for hydroxylation is 2. The molecule has 2 rings (SSSR count). The number of nitrogen functional groups attached to an aromatic ring is 1. The molecule has 0 aliphatic rings. The fourth-order valence-electron chi connectivity index (χ4n) is 1.88. The van der Waals surface area contributed by atoms with Crippen LogP contribution in [-0.2, 0) is 10.0 Å². The summed E-state index contributed by atoms with van der Waals surface area (Å²) in [6.07, 6.45) is 0. The average Bonchev–Trinajstić information content (AvgIpc) is 2.39. The van der Waals surface area contributed by atoms with Gasteiger partial charge in [0.15, 0.2) is 0 Å². The van der Waals surface area contributed by atoms with E-state index < -0.39 is 10.0 Å². The van der Waals surface area contributed by atoms with Crippen LogP contribution in [0.4, 0.5) is 11.4 Å². The van der Waals surface area contributed by atoms with Gasteiger partial charge in [0.2, 0.25) is 0 Å². The van der Waals surface area contributed by atoms with Gasteiger partial charge in [-0.2, -0.15) is 0 Å². The van der Waals surface area contributed by atoms with Crippen LogP contribution in [0.15, 0.2) is 44.2 Å². The molecule has 0 saturated carbocycles. The first-order valence-electron chi connectivity index (χ1n) is 6.06. The number of sulfonamides is 1. The molecule has 7 heteroatoms. The second-order valence-corrected chi connectivity index (χ2v) is 7.98. The van der Waals surface area contributed by atoms with Crippen molar-refractivity contribution in [2.24, 2.45) is 0 Å². The van der Waals surface area contributed by atoms with Crippen LogP contribution in [0.5, 0.6) is 0 Å². The molecule has 2 aromatic rings. The minimum absolute atomic E-state index is 0.164. The van der Waals surface area contributed by atoms with Crippen molar-refractivity contribution >= 4 is 53.3 Å². The largest absolute Gasteiger partial charge is 0.398 e. The Bertz CT molecular complexity index is 805. The Morgan fingerprint density at radius 1 is 1.10 bits per heavy atom. The zero-order valence-corrected chi connectivity index (χ0v) is 15.4. The maximum Gasteiger partial charge on any atom is 0.262 e. The lowest BCUT2D eigenvalue weighted by atomic mass is 10.2. The lowest BCUT2D eigenvalue weighted by Crippen LogP contribution is -2.15. The molecule has 0 spiro atoms. The van der Waals surface area contributed by atoms with Gasteiger partial charge in [0.05, 0.1) is 10.6 Å². The normalized spacial score (nSPS) is 11.4. The Labute approximate surface area is 141 Å². The molecule has 0 atom stereocenters. The Kier molecular flexibility index (Phi) is 4.65. The standard InChI is InChI=1S/C14H14Br2N2O2S/c1-8-4-3-5-12(14(8)16)18-21(19,20)13-7-11(17)10(15)6-9(13)2/h3-7,18H,17H2,1-2H3. The molecule has 0 fully saturated rings. The van der Waals surface area contributed by atoms with Crippen molar-refractivity contribution < 1.29 is 8.42 Å². The van der Waals surface area contributed by atoms with Gasteiger partial charge in [0, 0.05) is 14.6 Å². The zero-order valence-electron chi connectivity index (χ0n) is 11.4. The fraction of sp³-hybridized carbons (Fsp3) is 0.143. The Hall–Kier alpha value is -1.05. The summed E-state index contributed by atoms with van der Waals surface area (Å²) >= 11 is 6.68. The summed E-state index contributed by atoms with van der Waals surface area (Å²) in [6.45, 7) is 3.62. The highest BCUT2D eigenvalue weighted by Crippen LogP contribution is 2.31. The Morgan fingerprint density at radius 2 is 1.76 bits per heavy atom. The van der Waals surface area contributed by atoms with Gasteiger partial charge in [0.25, 0.3) is 10.0 Å². The van der Waals surface area contributed by atoms with E-state index in [9.17, 15) is 8.42 Å². The van der Waals surface area contributed by atoms with Gasteiger partial charge in [-0.1, -0.05) is 12.1 Å². The van der Waals surface area contributed by atoms with Crippen LogP contribution in [-0.4, -0.2) is 8.42 Å². The van der Waals surface area contributed by atoms with Crippen molar-refractivity contribution in [2.75, 3.05) is 10.5 Å². The van der Waals surface area contributed by atoms with E-state index >= 15 is 0 Å². The van der Waals surface area contributed by atoms with E-state index in [1.807, 2.05) is 13.0 Å². The van der Waals surface area contributed by atoms with Crippen molar-refractivity contribution in [2.45, 2.75) is 18.7 Å². The lowest BCUT2D eigenvalue weighted by Gasteiger charge is -2.14. The van der Waals surface area contributed by atoms with Crippen LogP contribution in [0.3, 0.4) is 0 Å². The summed E-state index contributed by atoms with van der Waals surface area (Å²) < 4.78 is 29.1. The number of halogens is 2. The molecule has 0 heterocycles. The average molecular weight is 434 g/mol. The first kappa shape index (κ1) is 16.3. The molecule has 0 aliphatic heterocycles. The van der Waals surface area contributed by atoms with E-state index in [0.717, 1.165) is 10.0 Å². The summed E-state index contributed by atoms with van der Waals surface area (Å²) in [7, 11) is -3.70. The van der Waals surface area contributed by atoms with Crippen LogP contribution >= 0.6 is 31.9 Å². The van der Waals surface area contributed by atoms with Gasteiger partial charge in [-0.15, -0.1) is 0 Å². The van der Waals surface area contributed by atoms with Crippen molar-refractivity contribution in [3.8, 4) is 0 Å². The van der Waals surface area contributed by atoms with Gasteiger partial charge >= 0.3 is 0 Å². The highest BCUT2D eigenvalue weighted by molar-refractivity contribution is 9.11. The van der Waals surface area contributed by atoms with E-state index in [2.05, 4.69) is 36.6 Å². The number of anilines is 2. The van der Waals surface area contributed by atoms with Crippen molar-refractivity contribution in [3.63, 3.8) is 0 Å². The van der Waals surface area contributed by atoms with Crippen molar-refractivity contribution in [1.29, 1.82) is 0 Å². The first-order valence-corrected chi connectivity index (χ1v) is 9.13. The van der Waals surface area contributed by atoms with E-state index in [-0.39, 0.29) is 4.90 Å². The molecule has 0 aromatic heterocycles. The van der Waals surface area contributed by atoms with Crippen LogP contribution in [0.25, 0.3) is 0 Å². The Balaban J connectivity index is 2.48. The summed E-state index contributed by atoms with van der Waals surface area (Å²) in [5.74, 6) is 0. The summed E-state index contributed by atoms with van der Waals surface area (Å²) in [4.78, 5) is 0.164. The monoisotopic (exact) mass is 432 g/mol. The zero-order chi connectivity index (χ0) is 15.8. The van der Waals surface area contributed by atoms with Crippen LogP contribution in [0, 0.1) is 13.8 Å². The van der Waals surface area contributed by atoms with Gasteiger partial charge in [0.1, 0.15) is 0 Å².